The van der Waals surface area contributed by atoms with Crippen LogP contribution in [0.4, 0.5) is 0 Å². The highest BCUT2D eigenvalue weighted by Gasteiger charge is 2.18. The molecule has 2 aromatic carbocycles. The fraction of sp³-hybridized carbons (Fsp3) is 0.286. The van der Waals surface area contributed by atoms with Gasteiger partial charge in [0, 0.05) is 12.0 Å². The van der Waals surface area contributed by atoms with Gasteiger partial charge in [-0.2, -0.15) is 0 Å². The molecule has 0 heterocycles. The molecule has 0 fully saturated rings. The lowest BCUT2D eigenvalue weighted by Crippen LogP contribution is -2.27. The van der Waals surface area contributed by atoms with Gasteiger partial charge in [-0.3, -0.25) is 0 Å². The highest BCUT2D eigenvalue weighted by molar-refractivity contribution is 5.84. The maximum absolute atomic E-state index is 9.39. The van der Waals surface area contributed by atoms with Crippen LogP contribution in [0.2, 0.25) is 0 Å². The second-order valence-electron chi connectivity index (χ2n) is 4.83. The minimum atomic E-state index is -0.00786. The molecule has 0 aliphatic carbocycles. The van der Waals surface area contributed by atoms with Gasteiger partial charge in [0.1, 0.15) is 5.75 Å². The summed E-state index contributed by atoms with van der Waals surface area (Å²) >= 11 is 0. The summed E-state index contributed by atoms with van der Waals surface area (Å²) < 4.78 is 0. The molecule has 0 aromatic heterocycles. The van der Waals surface area contributed by atoms with E-state index in [-0.39, 0.29) is 5.41 Å². The van der Waals surface area contributed by atoms with E-state index in [1.165, 1.54) is 5.56 Å². The SMILES string of the molecule is CC(C)(CN)c1ccc2cc(O)ccc2c1. The first-order valence-corrected chi connectivity index (χ1v) is 5.46. The monoisotopic (exact) mass is 215 g/mol. The van der Waals surface area contributed by atoms with E-state index in [0.29, 0.717) is 12.3 Å². The summed E-state index contributed by atoms with van der Waals surface area (Å²) in [5, 5.41) is 11.6. The topological polar surface area (TPSA) is 46.2 Å². The quantitative estimate of drug-likeness (QED) is 0.809. The molecule has 16 heavy (non-hydrogen) atoms. The molecule has 0 atom stereocenters. The van der Waals surface area contributed by atoms with E-state index in [2.05, 4.69) is 26.0 Å². The molecule has 0 saturated heterocycles. The van der Waals surface area contributed by atoms with Crippen LogP contribution in [0.3, 0.4) is 0 Å². The number of hydrogen-bond acceptors (Lipinski definition) is 2. The first-order chi connectivity index (χ1) is 7.53. The lowest BCUT2D eigenvalue weighted by Gasteiger charge is -2.23. The molecule has 0 unspecified atom stereocenters. The molecule has 3 N–H and O–H groups in total. The Morgan fingerprint density at radius 2 is 1.69 bits per heavy atom. The minimum absolute atomic E-state index is 0.00786. The Hall–Kier alpha value is -1.54. The molecule has 2 rings (SSSR count). The molecule has 0 aliphatic heterocycles. The van der Waals surface area contributed by atoms with Crippen LogP contribution in [0.1, 0.15) is 19.4 Å². The molecule has 0 amide bonds. The third-order valence-electron chi connectivity index (χ3n) is 3.12. The van der Waals surface area contributed by atoms with Gasteiger partial charge in [0.2, 0.25) is 0 Å². The molecule has 2 aromatic rings. The summed E-state index contributed by atoms with van der Waals surface area (Å²) in [6.07, 6.45) is 0. The van der Waals surface area contributed by atoms with Crippen molar-refractivity contribution in [1.82, 2.24) is 0 Å². The predicted octanol–water partition coefficient (Wildman–Crippen LogP) is 2.78. The molecule has 2 nitrogen and oxygen atoms in total. The van der Waals surface area contributed by atoms with Gasteiger partial charge in [0.15, 0.2) is 0 Å². The average Bonchev–Trinajstić information content (AvgIpc) is 2.28. The second kappa shape index (κ2) is 3.80. The number of phenolic OH excluding ortho intramolecular Hbond substituents is 1. The van der Waals surface area contributed by atoms with Gasteiger partial charge in [-0.15, -0.1) is 0 Å². The molecule has 0 spiro atoms. The number of rotatable bonds is 2. The van der Waals surface area contributed by atoms with Gasteiger partial charge in [-0.25, -0.2) is 0 Å². The van der Waals surface area contributed by atoms with Crippen LogP contribution in [-0.4, -0.2) is 11.7 Å². The van der Waals surface area contributed by atoms with Gasteiger partial charge in [0.25, 0.3) is 0 Å². The van der Waals surface area contributed by atoms with Crippen molar-refractivity contribution in [2.45, 2.75) is 19.3 Å². The molecule has 84 valence electrons. The van der Waals surface area contributed by atoms with Gasteiger partial charge < -0.3 is 10.8 Å². The molecular weight excluding hydrogens is 198 g/mol. The van der Waals surface area contributed by atoms with Crippen LogP contribution < -0.4 is 5.73 Å². The maximum Gasteiger partial charge on any atom is 0.116 e. The lowest BCUT2D eigenvalue weighted by molar-refractivity contribution is 0.476. The Bertz CT molecular complexity index is 517. The molecule has 0 aliphatic rings. The summed E-state index contributed by atoms with van der Waals surface area (Å²) in [5.41, 5.74) is 6.99. The van der Waals surface area contributed by atoms with E-state index in [9.17, 15) is 5.11 Å². The van der Waals surface area contributed by atoms with Crippen molar-refractivity contribution < 1.29 is 5.11 Å². The van der Waals surface area contributed by atoms with Crippen molar-refractivity contribution in [3.05, 3.63) is 42.0 Å². The van der Waals surface area contributed by atoms with Crippen molar-refractivity contribution in [1.29, 1.82) is 0 Å². The second-order valence-corrected chi connectivity index (χ2v) is 4.83. The van der Waals surface area contributed by atoms with Crippen molar-refractivity contribution in [3.8, 4) is 5.75 Å². The third-order valence-corrected chi connectivity index (χ3v) is 3.12. The maximum atomic E-state index is 9.39. The van der Waals surface area contributed by atoms with Crippen LogP contribution in [-0.2, 0) is 5.41 Å². The first kappa shape index (κ1) is 11.0. The smallest absolute Gasteiger partial charge is 0.116 e. The Balaban J connectivity index is 2.57. The summed E-state index contributed by atoms with van der Waals surface area (Å²) in [7, 11) is 0. The van der Waals surface area contributed by atoms with Gasteiger partial charge in [0.05, 0.1) is 0 Å². The summed E-state index contributed by atoms with van der Waals surface area (Å²) in [6.45, 7) is 4.89. The predicted molar refractivity (Wildman–Crippen MR) is 67.7 cm³/mol. The van der Waals surface area contributed by atoms with Gasteiger partial charge in [-0.05, 0) is 28.5 Å². The van der Waals surface area contributed by atoms with E-state index in [1.807, 2.05) is 12.1 Å². The Kier molecular flexibility index (Phi) is 2.60. The van der Waals surface area contributed by atoms with Crippen LogP contribution in [0.5, 0.6) is 5.75 Å². The fourth-order valence-corrected chi connectivity index (χ4v) is 1.77. The number of benzene rings is 2. The van der Waals surface area contributed by atoms with Gasteiger partial charge in [-0.1, -0.05) is 38.1 Å². The van der Waals surface area contributed by atoms with Crippen molar-refractivity contribution in [2.75, 3.05) is 6.54 Å². The van der Waals surface area contributed by atoms with Crippen molar-refractivity contribution in [2.24, 2.45) is 5.73 Å². The lowest BCUT2D eigenvalue weighted by atomic mass is 9.84. The van der Waals surface area contributed by atoms with Crippen molar-refractivity contribution >= 4 is 10.8 Å². The van der Waals surface area contributed by atoms with Crippen LogP contribution in [0, 0.1) is 0 Å². The molecule has 2 heteroatoms. The number of hydrogen-bond donors (Lipinski definition) is 2. The van der Waals surface area contributed by atoms with Crippen LogP contribution >= 0.6 is 0 Å². The molecule has 0 radical (unpaired) electrons. The molecule has 0 saturated carbocycles. The Labute approximate surface area is 95.7 Å². The normalized spacial score (nSPS) is 11.9. The number of phenols is 1. The van der Waals surface area contributed by atoms with E-state index in [0.717, 1.165) is 10.8 Å². The summed E-state index contributed by atoms with van der Waals surface area (Å²) in [4.78, 5) is 0. The van der Waals surface area contributed by atoms with E-state index in [1.54, 1.807) is 12.1 Å². The van der Waals surface area contributed by atoms with E-state index in [4.69, 9.17) is 5.73 Å². The van der Waals surface area contributed by atoms with Gasteiger partial charge >= 0.3 is 0 Å². The van der Waals surface area contributed by atoms with Crippen LogP contribution in [0.25, 0.3) is 10.8 Å². The highest BCUT2D eigenvalue weighted by Crippen LogP contribution is 2.27. The van der Waals surface area contributed by atoms with E-state index >= 15 is 0 Å². The molecular formula is C14H17NO. The average molecular weight is 215 g/mol. The number of nitrogens with two attached hydrogens (primary N) is 1. The summed E-state index contributed by atoms with van der Waals surface area (Å²) in [5.74, 6) is 0.304. The standard InChI is InChI=1S/C14H17NO/c1-14(2,9-15)12-5-3-11-8-13(16)6-4-10(11)7-12/h3-8,16H,9,15H2,1-2H3. The van der Waals surface area contributed by atoms with E-state index < -0.39 is 0 Å². The number of fused-ring (bicyclic) bond motifs is 1. The van der Waals surface area contributed by atoms with Crippen molar-refractivity contribution in [3.63, 3.8) is 0 Å². The third kappa shape index (κ3) is 1.89. The zero-order valence-electron chi connectivity index (χ0n) is 9.70. The zero-order valence-corrected chi connectivity index (χ0v) is 9.70. The fourth-order valence-electron chi connectivity index (χ4n) is 1.77. The molecule has 0 bridgehead atoms. The Morgan fingerprint density at radius 1 is 1.06 bits per heavy atom. The zero-order chi connectivity index (χ0) is 11.8. The summed E-state index contributed by atoms with van der Waals surface area (Å²) in [6, 6.07) is 11.7. The largest absolute Gasteiger partial charge is 0.508 e. The van der Waals surface area contributed by atoms with Crippen LogP contribution in [0.15, 0.2) is 36.4 Å². The highest BCUT2D eigenvalue weighted by atomic mass is 16.3. The Morgan fingerprint density at radius 3 is 2.38 bits per heavy atom. The minimum Gasteiger partial charge on any atom is -0.508 e. The first-order valence-electron chi connectivity index (χ1n) is 5.46. The number of aromatic hydroxyl groups is 1.